The molecule has 184 valence electrons. The van der Waals surface area contributed by atoms with Crippen LogP contribution in [0.25, 0.3) is 5.76 Å². The van der Waals surface area contributed by atoms with Gasteiger partial charge >= 0.3 is 5.97 Å². The number of ketones is 1. The quantitative estimate of drug-likeness (QED) is 0.290. The summed E-state index contributed by atoms with van der Waals surface area (Å²) in [7, 11) is 2.84. The first-order valence-electron chi connectivity index (χ1n) is 10.8. The van der Waals surface area contributed by atoms with Crippen LogP contribution in [0.1, 0.15) is 33.1 Å². The summed E-state index contributed by atoms with van der Waals surface area (Å²) in [5.74, 6) is -3.47. The van der Waals surface area contributed by atoms with Crippen molar-refractivity contribution >= 4 is 23.4 Å². The van der Waals surface area contributed by atoms with Crippen molar-refractivity contribution in [3.63, 3.8) is 0 Å². The van der Waals surface area contributed by atoms with Gasteiger partial charge in [-0.05, 0) is 53.6 Å². The maximum absolute atomic E-state index is 14.1. The number of Topliss-reactive ketones (excluding diaryl/α,β-unsaturated/α-hetero) is 1. The number of carboxylic acids is 1. The second kappa shape index (κ2) is 9.91. The van der Waals surface area contributed by atoms with Crippen molar-refractivity contribution in [2.45, 2.75) is 12.6 Å². The highest BCUT2D eigenvalue weighted by Gasteiger charge is 2.46. The van der Waals surface area contributed by atoms with E-state index in [2.05, 4.69) is 0 Å². The number of carboxylic acid groups (broad SMARTS) is 1. The minimum absolute atomic E-state index is 0.0434. The summed E-state index contributed by atoms with van der Waals surface area (Å²) in [5.41, 5.74) is 0.861. The number of nitrogens with zero attached hydrogens (tertiary/aromatic N) is 1. The van der Waals surface area contributed by atoms with Gasteiger partial charge in [0.25, 0.3) is 11.7 Å². The number of rotatable bonds is 7. The van der Waals surface area contributed by atoms with Gasteiger partial charge in [0.15, 0.2) is 0 Å². The number of benzene rings is 3. The Bertz CT molecular complexity index is 1360. The second-order valence-electron chi connectivity index (χ2n) is 8.05. The molecule has 2 N–H and O–H groups in total. The molecule has 36 heavy (non-hydrogen) atoms. The van der Waals surface area contributed by atoms with E-state index >= 15 is 0 Å². The summed E-state index contributed by atoms with van der Waals surface area (Å²) in [6.45, 7) is -0.0434. The summed E-state index contributed by atoms with van der Waals surface area (Å²) in [5, 5.41) is 20.3. The topological polar surface area (TPSA) is 113 Å². The van der Waals surface area contributed by atoms with Crippen LogP contribution < -0.4 is 9.47 Å². The number of methoxy groups -OCH3 is 2. The van der Waals surface area contributed by atoms with Gasteiger partial charge in [-0.3, -0.25) is 9.59 Å². The minimum Gasteiger partial charge on any atom is -0.507 e. The molecule has 3 aromatic carbocycles. The molecule has 3 aromatic rings. The van der Waals surface area contributed by atoms with Gasteiger partial charge in [-0.25, -0.2) is 9.18 Å². The van der Waals surface area contributed by atoms with Crippen molar-refractivity contribution < 1.29 is 38.5 Å². The highest BCUT2D eigenvalue weighted by molar-refractivity contribution is 6.46. The van der Waals surface area contributed by atoms with Gasteiger partial charge in [-0.1, -0.05) is 24.3 Å². The summed E-state index contributed by atoms with van der Waals surface area (Å²) in [6.07, 6.45) is 0. The molecule has 0 radical (unpaired) electrons. The molecule has 0 spiro atoms. The number of aromatic carboxylic acids is 1. The lowest BCUT2D eigenvalue weighted by Gasteiger charge is -2.26. The number of carbonyl (C=O) groups excluding carboxylic acids is 2. The molecular weight excluding hydrogens is 469 g/mol. The number of carbonyl (C=O) groups is 3. The van der Waals surface area contributed by atoms with E-state index in [0.29, 0.717) is 16.9 Å². The fraction of sp³-hybridized carbons (Fsp3) is 0.148. The van der Waals surface area contributed by atoms with Crippen molar-refractivity contribution in [2.24, 2.45) is 0 Å². The van der Waals surface area contributed by atoms with E-state index < -0.39 is 35.3 Å². The third-order valence-corrected chi connectivity index (χ3v) is 5.94. The van der Waals surface area contributed by atoms with E-state index in [0.717, 1.165) is 12.1 Å². The van der Waals surface area contributed by atoms with E-state index in [1.165, 1.54) is 37.3 Å². The lowest BCUT2D eigenvalue weighted by atomic mass is 9.94. The fourth-order valence-electron chi connectivity index (χ4n) is 4.14. The van der Waals surface area contributed by atoms with Crippen LogP contribution in [0, 0.1) is 5.82 Å². The Labute approximate surface area is 205 Å². The molecule has 1 fully saturated rings. The van der Waals surface area contributed by atoms with E-state index in [4.69, 9.17) is 14.6 Å². The molecule has 0 aromatic heterocycles. The van der Waals surface area contributed by atoms with E-state index in [1.807, 2.05) is 0 Å². The number of halogens is 1. The molecule has 1 atom stereocenters. The van der Waals surface area contributed by atoms with Gasteiger partial charge in [0.05, 0.1) is 37.0 Å². The van der Waals surface area contributed by atoms with E-state index in [1.54, 1.807) is 36.4 Å². The molecule has 4 rings (SSSR count). The first-order valence-corrected chi connectivity index (χ1v) is 10.8. The average Bonchev–Trinajstić information content (AvgIpc) is 3.13. The highest BCUT2D eigenvalue weighted by atomic mass is 19.1. The molecule has 0 bridgehead atoms. The second-order valence-corrected chi connectivity index (χ2v) is 8.05. The molecule has 1 aliphatic heterocycles. The SMILES string of the molecule is COc1ccc(C2/C(=C(\O)c3cc(F)ccc3OC)C(=O)C(=O)N2Cc2ccc(C(=O)O)cc2)cc1. The van der Waals surface area contributed by atoms with Crippen LogP contribution in [0.3, 0.4) is 0 Å². The third kappa shape index (κ3) is 4.50. The van der Waals surface area contributed by atoms with Crippen LogP contribution >= 0.6 is 0 Å². The molecule has 8 nitrogen and oxygen atoms in total. The highest BCUT2D eigenvalue weighted by Crippen LogP contribution is 2.42. The van der Waals surface area contributed by atoms with Gasteiger partial charge in [-0.15, -0.1) is 0 Å². The zero-order chi connectivity index (χ0) is 26.0. The first kappa shape index (κ1) is 24.5. The molecule has 9 heteroatoms. The number of aliphatic hydroxyl groups excluding tert-OH is 1. The molecule has 1 heterocycles. The fourth-order valence-corrected chi connectivity index (χ4v) is 4.14. The number of hydrogen-bond acceptors (Lipinski definition) is 6. The summed E-state index contributed by atoms with van der Waals surface area (Å²) < 4.78 is 24.5. The molecule has 1 amide bonds. The zero-order valence-corrected chi connectivity index (χ0v) is 19.4. The smallest absolute Gasteiger partial charge is 0.335 e. The first-order chi connectivity index (χ1) is 17.2. The summed E-state index contributed by atoms with van der Waals surface area (Å²) in [6, 6.07) is 15.0. The van der Waals surface area contributed by atoms with Gasteiger partial charge in [0, 0.05) is 6.54 Å². The Morgan fingerprint density at radius 1 is 0.944 bits per heavy atom. The third-order valence-electron chi connectivity index (χ3n) is 5.94. The Morgan fingerprint density at radius 3 is 2.19 bits per heavy atom. The molecule has 1 aliphatic rings. The lowest BCUT2D eigenvalue weighted by molar-refractivity contribution is -0.140. The predicted molar refractivity (Wildman–Crippen MR) is 127 cm³/mol. The van der Waals surface area contributed by atoms with Gasteiger partial charge in [-0.2, -0.15) is 0 Å². The lowest BCUT2D eigenvalue weighted by Crippen LogP contribution is -2.29. The Kier molecular flexibility index (Phi) is 6.73. The van der Waals surface area contributed by atoms with E-state index in [9.17, 15) is 23.9 Å². The van der Waals surface area contributed by atoms with Crippen LogP contribution in [-0.2, 0) is 16.1 Å². The van der Waals surface area contributed by atoms with E-state index in [-0.39, 0.29) is 29.0 Å². The normalized spacial score (nSPS) is 16.8. The number of likely N-dealkylation sites (tertiary alicyclic amines) is 1. The van der Waals surface area contributed by atoms with Crippen LogP contribution in [0.2, 0.25) is 0 Å². The molecule has 0 aliphatic carbocycles. The predicted octanol–water partition coefficient (Wildman–Crippen LogP) is 4.16. The largest absolute Gasteiger partial charge is 0.507 e. The number of aliphatic hydroxyl groups is 1. The Balaban J connectivity index is 1.86. The van der Waals surface area contributed by atoms with Crippen LogP contribution in [0.4, 0.5) is 4.39 Å². The monoisotopic (exact) mass is 491 g/mol. The molecule has 1 saturated heterocycles. The minimum atomic E-state index is -1.09. The van der Waals surface area contributed by atoms with Crippen molar-refractivity contribution in [1.82, 2.24) is 4.90 Å². The van der Waals surface area contributed by atoms with Crippen molar-refractivity contribution in [3.8, 4) is 11.5 Å². The maximum atomic E-state index is 14.1. The summed E-state index contributed by atoms with van der Waals surface area (Å²) >= 11 is 0. The Hall–Kier alpha value is -4.66. The van der Waals surface area contributed by atoms with Crippen molar-refractivity contribution in [3.05, 3.63) is 100 Å². The maximum Gasteiger partial charge on any atom is 0.335 e. The van der Waals surface area contributed by atoms with Crippen molar-refractivity contribution in [1.29, 1.82) is 0 Å². The van der Waals surface area contributed by atoms with Crippen LogP contribution in [0.15, 0.2) is 72.3 Å². The van der Waals surface area contributed by atoms with Gasteiger partial charge in [0.2, 0.25) is 0 Å². The van der Waals surface area contributed by atoms with Gasteiger partial charge in [0.1, 0.15) is 23.1 Å². The number of amides is 1. The number of ether oxygens (including phenoxy) is 2. The number of hydrogen-bond donors (Lipinski definition) is 2. The van der Waals surface area contributed by atoms with Crippen LogP contribution in [0.5, 0.6) is 11.5 Å². The molecular formula is C27H22FNO7. The average molecular weight is 491 g/mol. The molecule has 0 saturated carbocycles. The van der Waals surface area contributed by atoms with Gasteiger partial charge < -0.3 is 24.6 Å². The Morgan fingerprint density at radius 2 is 1.61 bits per heavy atom. The van der Waals surface area contributed by atoms with Crippen LogP contribution in [-0.4, -0.2) is 47.0 Å². The summed E-state index contributed by atoms with van der Waals surface area (Å²) in [4.78, 5) is 38.8. The standard InChI is InChI=1S/C27H22FNO7/c1-35-19-10-7-16(8-11-19)23-22(24(30)20-13-18(28)9-12-21(20)36-2)25(31)26(32)29(23)14-15-3-5-17(6-4-15)27(33)34/h3-13,23,30H,14H2,1-2H3,(H,33,34)/b24-22+. The molecule has 1 unspecified atom stereocenters. The van der Waals surface area contributed by atoms with Crippen molar-refractivity contribution in [2.75, 3.05) is 14.2 Å². The zero-order valence-electron chi connectivity index (χ0n) is 19.4.